The Balaban J connectivity index is 2.08. The van der Waals surface area contributed by atoms with E-state index >= 15 is 0 Å². The number of alkyl halides is 4. The second kappa shape index (κ2) is 7.57. The number of aromatic nitrogens is 2. The summed E-state index contributed by atoms with van der Waals surface area (Å²) in [4.78, 5) is 12.2. The van der Waals surface area contributed by atoms with Gasteiger partial charge in [-0.25, -0.2) is 0 Å². The molecule has 1 aromatic heterocycles. The van der Waals surface area contributed by atoms with Gasteiger partial charge in [0.1, 0.15) is 11.1 Å². The van der Waals surface area contributed by atoms with Crippen molar-refractivity contribution in [3.05, 3.63) is 42.2 Å². The molecule has 1 atom stereocenters. The molecule has 0 aliphatic carbocycles. The van der Waals surface area contributed by atoms with Crippen molar-refractivity contribution >= 4 is 23.2 Å². The Morgan fingerprint density at radius 3 is 2.79 bits per heavy atom. The predicted molar refractivity (Wildman–Crippen MR) is 83.2 cm³/mol. The van der Waals surface area contributed by atoms with E-state index in [4.69, 9.17) is 16.3 Å². The van der Waals surface area contributed by atoms with E-state index in [0.717, 1.165) is 0 Å². The molecule has 0 aliphatic rings. The Bertz CT molecular complexity index is 690. The molecule has 1 amide bonds. The highest BCUT2D eigenvalue weighted by Gasteiger charge is 2.29. The van der Waals surface area contributed by atoms with Gasteiger partial charge in [0, 0.05) is 12.4 Å². The molecule has 0 radical (unpaired) electrons. The second-order valence-corrected chi connectivity index (χ2v) is 5.56. The number of carbonyl (C=O) groups is 1. The van der Waals surface area contributed by atoms with Gasteiger partial charge in [0.05, 0.1) is 12.2 Å². The first-order valence-corrected chi connectivity index (χ1v) is 7.41. The van der Waals surface area contributed by atoms with Crippen LogP contribution in [0.15, 0.2) is 36.7 Å². The average molecular weight is 362 g/mol. The van der Waals surface area contributed by atoms with Crippen molar-refractivity contribution < 1.29 is 22.7 Å². The van der Waals surface area contributed by atoms with E-state index in [2.05, 4.69) is 10.4 Å². The molecule has 2 rings (SSSR count). The summed E-state index contributed by atoms with van der Waals surface area (Å²) in [6, 6.07) is 6.22. The highest BCUT2D eigenvalue weighted by Crippen LogP contribution is 2.30. The summed E-state index contributed by atoms with van der Waals surface area (Å²) in [5.41, 5.74) is 0.726. The largest absolute Gasteiger partial charge is 0.482 e. The summed E-state index contributed by atoms with van der Waals surface area (Å²) in [5.74, 6) is -0.623. The molecule has 9 heteroatoms. The lowest BCUT2D eigenvalue weighted by molar-refractivity contribution is -0.153. The van der Waals surface area contributed by atoms with Crippen LogP contribution in [-0.2, 0) is 11.3 Å². The van der Waals surface area contributed by atoms with E-state index in [9.17, 15) is 18.0 Å². The van der Waals surface area contributed by atoms with Gasteiger partial charge in [-0.1, -0.05) is 12.1 Å². The topological polar surface area (TPSA) is 56.1 Å². The Morgan fingerprint density at radius 2 is 2.17 bits per heavy atom. The first kappa shape index (κ1) is 18.1. The van der Waals surface area contributed by atoms with E-state index in [-0.39, 0.29) is 18.0 Å². The normalized spacial score (nSPS) is 12.7. The number of benzene rings is 1. The van der Waals surface area contributed by atoms with Crippen LogP contribution < -0.4 is 10.1 Å². The summed E-state index contributed by atoms with van der Waals surface area (Å²) in [6.45, 7) is 0.328. The monoisotopic (exact) mass is 361 g/mol. The minimum absolute atomic E-state index is 0.0661. The maximum atomic E-state index is 12.3. The molecule has 2 aromatic rings. The molecule has 1 aromatic carbocycles. The molecule has 0 fully saturated rings. The zero-order valence-electron chi connectivity index (χ0n) is 12.7. The second-order valence-electron chi connectivity index (χ2n) is 5.04. The quantitative estimate of drug-likeness (QED) is 0.802. The number of hydrogen-bond acceptors (Lipinski definition) is 3. The van der Waals surface area contributed by atoms with Gasteiger partial charge in [0.15, 0.2) is 6.61 Å². The number of rotatable bonds is 6. The number of aryl methyl sites for hydroxylation is 1. The van der Waals surface area contributed by atoms with Gasteiger partial charge in [-0.15, -0.1) is 11.6 Å². The number of carbonyl (C=O) groups excluding carboxylic acids is 1. The molecule has 1 unspecified atom stereocenters. The van der Waals surface area contributed by atoms with Crippen molar-refractivity contribution in [3.63, 3.8) is 0 Å². The SMILES string of the molecule is Cc1cccc(OCC(F)(F)F)c1NC(=O)C(Cl)Cn1cccn1. The van der Waals surface area contributed by atoms with Gasteiger partial charge in [0.2, 0.25) is 5.91 Å². The molecule has 0 saturated heterocycles. The molecular weight excluding hydrogens is 347 g/mol. The van der Waals surface area contributed by atoms with E-state index in [0.29, 0.717) is 5.56 Å². The van der Waals surface area contributed by atoms with Gasteiger partial charge < -0.3 is 10.1 Å². The molecule has 0 spiro atoms. The number of anilines is 1. The van der Waals surface area contributed by atoms with E-state index in [1.807, 2.05) is 0 Å². The van der Waals surface area contributed by atoms with Crippen LogP contribution in [0.4, 0.5) is 18.9 Å². The van der Waals surface area contributed by atoms with Crippen molar-refractivity contribution in [2.75, 3.05) is 11.9 Å². The van der Waals surface area contributed by atoms with E-state index in [1.165, 1.54) is 10.7 Å². The van der Waals surface area contributed by atoms with Crippen LogP contribution in [-0.4, -0.2) is 33.8 Å². The summed E-state index contributed by atoms with van der Waals surface area (Å²) < 4.78 is 43.2. The first-order chi connectivity index (χ1) is 11.3. The lowest BCUT2D eigenvalue weighted by Crippen LogP contribution is -2.28. The third-order valence-electron chi connectivity index (χ3n) is 3.07. The van der Waals surface area contributed by atoms with Crippen LogP contribution in [0.1, 0.15) is 5.56 Å². The van der Waals surface area contributed by atoms with Crippen molar-refractivity contribution in [2.24, 2.45) is 0 Å². The van der Waals surface area contributed by atoms with Crippen molar-refractivity contribution in [2.45, 2.75) is 25.0 Å². The summed E-state index contributed by atoms with van der Waals surface area (Å²) in [7, 11) is 0. The Hall–Kier alpha value is -2.22. The van der Waals surface area contributed by atoms with Gasteiger partial charge in [-0.2, -0.15) is 18.3 Å². The predicted octanol–water partition coefficient (Wildman–Crippen LogP) is 3.38. The van der Waals surface area contributed by atoms with Crippen LogP contribution in [0.3, 0.4) is 0 Å². The van der Waals surface area contributed by atoms with Crippen molar-refractivity contribution in [3.8, 4) is 5.75 Å². The molecule has 5 nitrogen and oxygen atoms in total. The van der Waals surface area contributed by atoms with Crippen LogP contribution in [0, 0.1) is 6.92 Å². The Labute approximate surface area is 141 Å². The number of nitrogens with one attached hydrogen (secondary N) is 1. The van der Waals surface area contributed by atoms with Crippen molar-refractivity contribution in [1.29, 1.82) is 0 Å². The fourth-order valence-corrected chi connectivity index (χ4v) is 2.13. The summed E-state index contributed by atoms with van der Waals surface area (Å²) >= 11 is 6.03. The van der Waals surface area contributed by atoms with E-state index < -0.39 is 24.1 Å². The Kier molecular flexibility index (Phi) is 5.71. The number of para-hydroxylation sites is 1. The lowest BCUT2D eigenvalue weighted by Gasteiger charge is -2.17. The third-order valence-corrected chi connectivity index (χ3v) is 3.40. The van der Waals surface area contributed by atoms with Crippen LogP contribution in [0.25, 0.3) is 0 Å². The minimum Gasteiger partial charge on any atom is -0.482 e. The number of halogens is 4. The number of amides is 1. The highest BCUT2D eigenvalue weighted by molar-refractivity contribution is 6.32. The zero-order valence-corrected chi connectivity index (χ0v) is 13.4. The number of hydrogen-bond donors (Lipinski definition) is 1. The number of ether oxygens (including phenoxy) is 1. The molecule has 1 N–H and O–H groups in total. The number of nitrogens with zero attached hydrogens (tertiary/aromatic N) is 2. The molecule has 0 saturated carbocycles. The molecule has 1 heterocycles. The molecular formula is C15H15ClF3N3O2. The van der Waals surface area contributed by atoms with Gasteiger partial charge in [0.25, 0.3) is 0 Å². The highest BCUT2D eigenvalue weighted by atomic mass is 35.5. The third kappa shape index (κ3) is 5.16. The zero-order chi connectivity index (χ0) is 17.7. The lowest BCUT2D eigenvalue weighted by atomic mass is 10.2. The van der Waals surface area contributed by atoms with E-state index in [1.54, 1.807) is 37.5 Å². The van der Waals surface area contributed by atoms with Gasteiger partial charge >= 0.3 is 6.18 Å². The molecule has 130 valence electrons. The van der Waals surface area contributed by atoms with Crippen LogP contribution >= 0.6 is 11.6 Å². The van der Waals surface area contributed by atoms with Crippen molar-refractivity contribution in [1.82, 2.24) is 9.78 Å². The standard InChI is InChI=1S/C15H15ClF3N3O2/c1-10-4-2-5-12(24-9-15(17,18)19)13(10)21-14(23)11(16)8-22-7-3-6-20-22/h2-7,11H,8-9H2,1H3,(H,21,23). The Morgan fingerprint density at radius 1 is 1.42 bits per heavy atom. The fraction of sp³-hybridized carbons (Fsp3) is 0.333. The fourth-order valence-electron chi connectivity index (χ4n) is 1.94. The van der Waals surface area contributed by atoms with Crippen LogP contribution in [0.5, 0.6) is 5.75 Å². The average Bonchev–Trinajstić information content (AvgIpc) is 2.99. The molecule has 0 aliphatic heterocycles. The molecule has 0 bridgehead atoms. The maximum absolute atomic E-state index is 12.3. The summed E-state index contributed by atoms with van der Waals surface area (Å²) in [5, 5.41) is 5.52. The minimum atomic E-state index is -4.47. The molecule has 24 heavy (non-hydrogen) atoms. The first-order valence-electron chi connectivity index (χ1n) is 6.98. The van der Waals surface area contributed by atoms with Gasteiger partial charge in [-0.05, 0) is 24.6 Å². The van der Waals surface area contributed by atoms with Crippen LogP contribution in [0.2, 0.25) is 0 Å². The smallest absolute Gasteiger partial charge is 0.422 e. The summed E-state index contributed by atoms with van der Waals surface area (Å²) in [6.07, 6.45) is -1.28. The van der Waals surface area contributed by atoms with Gasteiger partial charge in [-0.3, -0.25) is 9.48 Å². The maximum Gasteiger partial charge on any atom is 0.422 e.